The van der Waals surface area contributed by atoms with E-state index in [1.165, 1.54) is 6.07 Å². The molecular weight excluding hydrogens is 305 g/mol. The van der Waals surface area contributed by atoms with Gasteiger partial charge in [0.2, 0.25) is 0 Å². The number of hydroxylamine groups is 1. The maximum Gasteiger partial charge on any atom is 0.128 e. The molecule has 2 aromatic carbocycles. The Morgan fingerprint density at radius 3 is 2.71 bits per heavy atom. The van der Waals surface area contributed by atoms with Crippen LogP contribution in [0.15, 0.2) is 54.6 Å². The first-order valence-electron chi connectivity index (χ1n) is 8.57. The highest BCUT2D eigenvalue weighted by Crippen LogP contribution is 2.46. The Hall–Kier alpha value is -1.75. The molecule has 1 aliphatic heterocycles. The number of benzene rings is 2. The third-order valence-corrected chi connectivity index (χ3v) is 5.31. The fraction of sp³-hybridized carbons (Fsp3) is 0.400. The minimum absolute atomic E-state index is 0.0928. The number of hydrogen-bond donors (Lipinski definition) is 1. The van der Waals surface area contributed by atoms with Crippen LogP contribution in [-0.4, -0.2) is 12.7 Å². The zero-order chi connectivity index (χ0) is 16.4. The molecule has 0 spiro atoms. The van der Waals surface area contributed by atoms with Gasteiger partial charge >= 0.3 is 0 Å². The van der Waals surface area contributed by atoms with Crippen molar-refractivity contribution in [2.75, 3.05) is 6.61 Å². The minimum atomic E-state index is -0.481. The molecule has 0 aromatic heterocycles. The van der Waals surface area contributed by atoms with Gasteiger partial charge in [-0.05, 0) is 30.9 Å². The molecule has 126 valence electrons. The van der Waals surface area contributed by atoms with E-state index in [1.807, 2.05) is 30.3 Å². The lowest BCUT2D eigenvalue weighted by molar-refractivity contribution is -0.0327. The van der Waals surface area contributed by atoms with Crippen molar-refractivity contribution in [1.82, 2.24) is 5.48 Å². The minimum Gasteiger partial charge on any atom is -0.373 e. The second kappa shape index (κ2) is 6.63. The van der Waals surface area contributed by atoms with Crippen LogP contribution >= 0.6 is 0 Å². The van der Waals surface area contributed by atoms with E-state index in [2.05, 4.69) is 17.6 Å². The molecule has 3 nitrogen and oxygen atoms in total. The van der Waals surface area contributed by atoms with Crippen LogP contribution in [0.4, 0.5) is 4.39 Å². The second-order valence-electron chi connectivity index (χ2n) is 6.76. The van der Waals surface area contributed by atoms with Crippen molar-refractivity contribution >= 4 is 0 Å². The monoisotopic (exact) mass is 327 g/mol. The van der Waals surface area contributed by atoms with Gasteiger partial charge in [-0.2, -0.15) is 5.48 Å². The molecule has 4 heteroatoms. The van der Waals surface area contributed by atoms with Crippen LogP contribution in [0.2, 0.25) is 0 Å². The molecule has 4 rings (SSSR count). The lowest BCUT2D eigenvalue weighted by Gasteiger charge is -2.41. The number of rotatable bonds is 4. The van der Waals surface area contributed by atoms with Crippen LogP contribution in [0.5, 0.6) is 0 Å². The average Bonchev–Trinajstić information content (AvgIpc) is 3.05. The van der Waals surface area contributed by atoms with Crippen molar-refractivity contribution in [2.24, 2.45) is 5.92 Å². The molecule has 1 aliphatic carbocycles. The SMILES string of the molecule is Fc1ccccc1[C@]12CC(OCc3ccccc3)CC[C@H]1CON2. The largest absolute Gasteiger partial charge is 0.373 e. The fourth-order valence-electron chi connectivity index (χ4n) is 4.02. The van der Waals surface area contributed by atoms with E-state index in [0.29, 0.717) is 18.8 Å². The van der Waals surface area contributed by atoms with Crippen LogP contribution in [0, 0.1) is 11.7 Å². The molecule has 1 unspecified atom stereocenters. The smallest absolute Gasteiger partial charge is 0.128 e. The summed E-state index contributed by atoms with van der Waals surface area (Å²) in [6.07, 6.45) is 2.78. The third kappa shape index (κ3) is 2.86. The van der Waals surface area contributed by atoms with Gasteiger partial charge in [0.1, 0.15) is 5.82 Å². The zero-order valence-electron chi connectivity index (χ0n) is 13.6. The van der Waals surface area contributed by atoms with E-state index in [0.717, 1.165) is 24.8 Å². The van der Waals surface area contributed by atoms with E-state index < -0.39 is 5.54 Å². The highest BCUT2D eigenvalue weighted by molar-refractivity contribution is 5.29. The van der Waals surface area contributed by atoms with E-state index >= 15 is 0 Å². The van der Waals surface area contributed by atoms with Crippen LogP contribution in [0.3, 0.4) is 0 Å². The number of fused-ring (bicyclic) bond motifs is 1. The lowest BCUT2D eigenvalue weighted by atomic mass is 9.69. The first-order chi connectivity index (χ1) is 11.8. The van der Waals surface area contributed by atoms with E-state index in [4.69, 9.17) is 9.57 Å². The summed E-state index contributed by atoms with van der Waals surface area (Å²) in [4.78, 5) is 5.54. The Morgan fingerprint density at radius 2 is 1.88 bits per heavy atom. The Balaban J connectivity index is 1.53. The predicted molar refractivity (Wildman–Crippen MR) is 89.5 cm³/mol. The molecule has 1 saturated carbocycles. The number of halogens is 1. The van der Waals surface area contributed by atoms with Crippen LogP contribution < -0.4 is 5.48 Å². The Bertz CT molecular complexity index is 693. The highest BCUT2D eigenvalue weighted by Gasteiger charge is 2.50. The van der Waals surface area contributed by atoms with Gasteiger partial charge in [-0.25, -0.2) is 4.39 Å². The Labute approximate surface area is 141 Å². The first kappa shape index (κ1) is 15.8. The molecule has 24 heavy (non-hydrogen) atoms. The molecule has 2 fully saturated rings. The van der Waals surface area contributed by atoms with E-state index in [1.54, 1.807) is 6.07 Å². The van der Waals surface area contributed by atoms with Gasteiger partial charge in [0, 0.05) is 11.5 Å². The maximum absolute atomic E-state index is 14.4. The molecule has 2 aromatic rings. The van der Waals surface area contributed by atoms with Crippen LogP contribution in [0.1, 0.15) is 30.4 Å². The molecule has 1 N–H and O–H groups in total. The van der Waals surface area contributed by atoms with Crippen molar-refractivity contribution in [2.45, 2.75) is 37.5 Å². The molecule has 0 radical (unpaired) electrons. The van der Waals surface area contributed by atoms with Gasteiger partial charge in [0.25, 0.3) is 0 Å². The molecule has 2 aliphatic rings. The molecule has 0 amide bonds. The summed E-state index contributed by atoms with van der Waals surface area (Å²) in [6.45, 7) is 1.21. The normalized spacial score (nSPS) is 29.4. The van der Waals surface area contributed by atoms with Gasteiger partial charge < -0.3 is 9.57 Å². The van der Waals surface area contributed by atoms with E-state index in [9.17, 15) is 4.39 Å². The summed E-state index contributed by atoms with van der Waals surface area (Å²) >= 11 is 0. The molecule has 3 atom stereocenters. The van der Waals surface area contributed by atoms with Gasteiger partial charge in [0.15, 0.2) is 0 Å². The predicted octanol–water partition coefficient (Wildman–Crippen LogP) is 3.94. The van der Waals surface area contributed by atoms with Crippen molar-refractivity contribution in [1.29, 1.82) is 0 Å². The molecular formula is C20H22FNO2. The summed E-state index contributed by atoms with van der Waals surface area (Å²) in [6, 6.07) is 17.2. The highest BCUT2D eigenvalue weighted by atomic mass is 19.1. The number of hydrogen-bond acceptors (Lipinski definition) is 3. The Morgan fingerprint density at radius 1 is 1.08 bits per heavy atom. The van der Waals surface area contributed by atoms with Gasteiger partial charge in [-0.15, -0.1) is 0 Å². The van der Waals surface area contributed by atoms with Crippen molar-refractivity contribution < 1.29 is 14.0 Å². The second-order valence-corrected chi connectivity index (χ2v) is 6.76. The summed E-state index contributed by atoms with van der Waals surface area (Å²) in [5.41, 5.74) is 4.51. The lowest BCUT2D eigenvalue weighted by Crippen LogP contribution is -2.48. The topological polar surface area (TPSA) is 30.5 Å². The van der Waals surface area contributed by atoms with Crippen LogP contribution in [0.25, 0.3) is 0 Å². The fourth-order valence-corrected chi connectivity index (χ4v) is 4.02. The quantitative estimate of drug-likeness (QED) is 0.922. The third-order valence-electron chi connectivity index (χ3n) is 5.31. The summed E-state index contributed by atoms with van der Waals surface area (Å²) in [5, 5.41) is 0. The van der Waals surface area contributed by atoms with Gasteiger partial charge in [-0.3, -0.25) is 0 Å². The molecule has 1 saturated heterocycles. The maximum atomic E-state index is 14.4. The van der Waals surface area contributed by atoms with Gasteiger partial charge in [0.05, 0.1) is 24.9 Å². The zero-order valence-corrected chi connectivity index (χ0v) is 13.6. The van der Waals surface area contributed by atoms with Gasteiger partial charge in [-0.1, -0.05) is 48.5 Å². The summed E-state index contributed by atoms with van der Waals surface area (Å²) < 4.78 is 20.6. The molecule has 0 bridgehead atoms. The first-order valence-corrected chi connectivity index (χ1v) is 8.57. The van der Waals surface area contributed by atoms with Crippen LogP contribution in [-0.2, 0) is 21.7 Å². The van der Waals surface area contributed by atoms with Crippen molar-refractivity contribution in [3.63, 3.8) is 0 Å². The van der Waals surface area contributed by atoms with E-state index in [-0.39, 0.29) is 17.8 Å². The average molecular weight is 327 g/mol. The standard InChI is InChI=1S/C20H22FNO2/c21-19-9-5-4-8-18(19)20-12-17(11-10-16(20)14-24-22-20)23-13-15-6-2-1-3-7-15/h1-9,16-17,22H,10-14H2/t16-,17?,20-/m0/s1. The summed E-state index contributed by atoms with van der Waals surface area (Å²) in [7, 11) is 0. The summed E-state index contributed by atoms with van der Waals surface area (Å²) in [5.74, 6) is 0.107. The van der Waals surface area contributed by atoms with Crippen molar-refractivity contribution in [3.05, 3.63) is 71.5 Å². The number of nitrogens with one attached hydrogen (secondary N) is 1. The Kier molecular flexibility index (Phi) is 4.35. The number of ether oxygens (including phenoxy) is 1. The van der Waals surface area contributed by atoms with Crippen molar-refractivity contribution in [3.8, 4) is 0 Å². The molecule has 1 heterocycles.